The van der Waals surface area contributed by atoms with Gasteiger partial charge in [-0.15, -0.1) is 0 Å². The number of aliphatic hydroxyl groups excluding tert-OH is 1. The van der Waals surface area contributed by atoms with Gasteiger partial charge >= 0.3 is 0 Å². The Kier molecular flexibility index (Phi) is 7.05. The van der Waals surface area contributed by atoms with Gasteiger partial charge in [0.2, 0.25) is 0 Å². The smallest absolute Gasteiger partial charge is 0.135 e. The van der Waals surface area contributed by atoms with Gasteiger partial charge in [-0.05, 0) is 6.92 Å². The van der Waals surface area contributed by atoms with Crippen LogP contribution < -0.4 is 4.90 Å². The van der Waals surface area contributed by atoms with Crippen molar-refractivity contribution in [2.75, 3.05) is 37.8 Å². The average molecular weight is 288 g/mol. The molecule has 0 aliphatic carbocycles. The van der Waals surface area contributed by atoms with Crippen LogP contribution in [0.15, 0.2) is 6.07 Å². The van der Waals surface area contributed by atoms with Gasteiger partial charge in [-0.1, -0.05) is 25.4 Å². The summed E-state index contributed by atoms with van der Waals surface area (Å²) in [5.41, 5.74) is 0. The SMILES string of the molecule is CCN(CCOCCO)c1cc(Cl)nc(C(C)C)n1. The number of hydrogen-bond donors (Lipinski definition) is 1. The van der Waals surface area contributed by atoms with E-state index >= 15 is 0 Å². The summed E-state index contributed by atoms with van der Waals surface area (Å²) in [5.74, 6) is 1.80. The fourth-order valence-electron chi connectivity index (χ4n) is 1.62. The van der Waals surface area contributed by atoms with Crippen LogP contribution >= 0.6 is 11.6 Å². The highest BCUT2D eigenvalue weighted by Crippen LogP contribution is 2.19. The highest BCUT2D eigenvalue weighted by molar-refractivity contribution is 6.29. The largest absolute Gasteiger partial charge is 0.394 e. The van der Waals surface area contributed by atoms with Gasteiger partial charge in [0.1, 0.15) is 16.8 Å². The van der Waals surface area contributed by atoms with Crippen molar-refractivity contribution in [1.82, 2.24) is 9.97 Å². The Bertz CT molecular complexity index is 388. The molecule has 0 spiro atoms. The van der Waals surface area contributed by atoms with E-state index in [0.717, 1.165) is 18.2 Å². The van der Waals surface area contributed by atoms with E-state index in [1.165, 1.54) is 0 Å². The predicted molar refractivity (Wildman–Crippen MR) is 76.9 cm³/mol. The molecule has 1 aromatic rings. The lowest BCUT2D eigenvalue weighted by molar-refractivity contribution is 0.0967. The van der Waals surface area contributed by atoms with Gasteiger partial charge in [0.15, 0.2) is 0 Å². The first kappa shape index (κ1) is 16.1. The predicted octanol–water partition coefficient (Wildman–Crippen LogP) is 2.09. The van der Waals surface area contributed by atoms with Crippen LogP contribution in [0.25, 0.3) is 0 Å². The maximum Gasteiger partial charge on any atom is 0.135 e. The lowest BCUT2D eigenvalue weighted by Crippen LogP contribution is -2.28. The van der Waals surface area contributed by atoms with E-state index in [2.05, 4.69) is 21.8 Å². The fourth-order valence-corrected chi connectivity index (χ4v) is 1.80. The summed E-state index contributed by atoms with van der Waals surface area (Å²) in [7, 11) is 0. The Morgan fingerprint density at radius 2 is 2.11 bits per heavy atom. The normalized spacial score (nSPS) is 11.1. The molecule has 19 heavy (non-hydrogen) atoms. The quantitative estimate of drug-likeness (QED) is 0.586. The van der Waals surface area contributed by atoms with Crippen molar-refractivity contribution in [2.45, 2.75) is 26.7 Å². The van der Waals surface area contributed by atoms with Crippen molar-refractivity contribution in [1.29, 1.82) is 0 Å². The number of nitrogens with zero attached hydrogens (tertiary/aromatic N) is 3. The van der Waals surface area contributed by atoms with Gasteiger partial charge in [0.05, 0.1) is 19.8 Å². The van der Waals surface area contributed by atoms with E-state index in [9.17, 15) is 0 Å². The van der Waals surface area contributed by atoms with Crippen LogP contribution in [0.2, 0.25) is 5.15 Å². The van der Waals surface area contributed by atoms with Gasteiger partial charge in [-0.25, -0.2) is 9.97 Å². The van der Waals surface area contributed by atoms with Crippen LogP contribution in [-0.4, -0.2) is 48.0 Å². The zero-order chi connectivity index (χ0) is 14.3. The monoisotopic (exact) mass is 287 g/mol. The second kappa shape index (κ2) is 8.30. The van der Waals surface area contributed by atoms with Crippen molar-refractivity contribution in [3.63, 3.8) is 0 Å². The van der Waals surface area contributed by atoms with Gasteiger partial charge in [0.25, 0.3) is 0 Å². The Morgan fingerprint density at radius 1 is 1.37 bits per heavy atom. The van der Waals surface area contributed by atoms with Gasteiger partial charge in [-0.3, -0.25) is 0 Å². The third-order valence-electron chi connectivity index (χ3n) is 2.66. The molecule has 0 aliphatic heterocycles. The van der Waals surface area contributed by atoms with Crippen LogP contribution in [0.3, 0.4) is 0 Å². The molecule has 0 saturated heterocycles. The van der Waals surface area contributed by atoms with Crippen molar-refractivity contribution in [2.24, 2.45) is 0 Å². The standard InChI is InChI=1S/C13H22ClN3O2/c1-4-17(5-7-19-8-6-18)12-9-11(14)15-13(16-12)10(2)3/h9-10,18H,4-8H2,1-3H3. The van der Waals surface area contributed by atoms with Gasteiger partial charge in [0, 0.05) is 25.1 Å². The van der Waals surface area contributed by atoms with Crippen molar-refractivity contribution in [3.05, 3.63) is 17.0 Å². The molecule has 0 aliphatic rings. The molecule has 108 valence electrons. The Morgan fingerprint density at radius 3 is 2.68 bits per heavy atom. The number of hydrogen-bond acceptors (Lipinski definition) is 5. The van der Waals surface area contributed by atoms with E-state index in [4.69, 9.17) is 21.4 Å². The second-order valence-corrected chi connectivity index (χ2v) is 4.86. The maximum atomic E-state index is 8.66. The van der Waals surface area contributed by atoms with Crippen LogP contribution in [0.4, 0.5) is 5.82 Å². The van der Waals surface area contributed by atoms with E-state index in [1.54, 1.807) is 6.07 Å². The average Bonchev–Trinajstić information content (AvgIpc) is 2.38. The summed E-state index contributed by atoms with van der Waals surface area (Å²) in [6.45, 7) is 8.60. The minimum Gasteiger partial charge on any atom is -0.394 e. The molecule has 0 fully saturated rings. The minimum absolute atomic E-state index is 0.0446. The zero-order valence-corrected chi connectivity index (χ0v) is 12.5. The Balaban J connectivity index is 2.74. The summed E-state index contributed by atoms with van der Waals surface area (Å²) in [6, 6.07) is 1.77. The van der Waals surface area contributed by atoms with Gasteiger partial charge in [-0.2, -0.15) is 0 Å². The molecule has 1 aromatic heterocycles. The first-order chi connectivity index (χ1) is 9.08. The number of anilines is 1. The number of rotatable bonds is 8. The number of ether oxygens (including phenoxy) is 1. The first-order valence-electron chi connectivity index (χ1n) is 6.56. The molecule has 1 heterocycles. The molecule has 0 aromatic carbocycles. The number of aromatic nitrogens is 2. The van der Waals surface area contributed by atoms with Crippen molar-refractivity contribution >= 4 is 17.4 Å². The Labute approximate surface area is 119 Å². The highest BCUT2D eigenvalue weighted by atomic mass is 35.5. The fraction of sp³-hybridized carbons (Fsp3) is 0.692. The van der Waals surface area contributed by atoms with Crippen LogP contribution in [0, 0.1) is 0 Å². The molecular weight excluding hydrogens is 266 g/mol. The molecule has 0 amide bonds. The molecule has 0 unspecified atom stereocenters. The maximum absolute atomic E-state index is 8.66. The molecule has 1 N–H and O–H groups in total. The van der Waals surface area contributed by atoms with Crippen LogP contribution in [0.5, 0.6) is 0 Å². The number of halogens is 1. The van der Waals surface area contributed by atoms with Gasteiger partial charge < -0.3 is 14.7 Å². The molecule has 0 atom stereocenters. The second-order valence-electron chi connectivity index (χ2n) is 4.48. The zero-order valence-electron chi connectivity index (χ0n) is 11.8. The molecular formula is C13H22ClN3O2. The Hall–Kier alpha value is -0.910. The lowest BCUT2D eigenvalue weighted by atomic mass is 10.2. The molecule has 0 radical (unpaired) electrons. The van der Waals surface area contributed by atoms with Crippen LogP contribution in [-0.2, 0) is 4.74 Å². The first-order valence-corrected chi connectivity index (χ1v) is 6.94. The topological polar surface area (TPSA) is 58.5 Å². The number of likely N-dealkylation sites (N-methyl/N-ethyl adjacent to an activating group) is 1. The summed E-state index contributed by atoms with van der Waals surface area (Å²) in [6.07, 6.45) is 0. The minimum atomic E-state index is 0.0446. The van der Waals surface area contributed by atoms with E-state index in [-0.39, 0.29) is 12.5 Å². The summed E-state index contributed by atoms with van der Waals surface area (Å²) < 4.78 is 5.28. The summed E-state index contributed by atoms with van der Waals surface area (Å²) >= 11 is 6.04. The number of aliphatic hydroxyl groups is 1. The van der Waals surface area contributed by atoms with Crippen LogP contribution in [0.1, 0.15) is 32.5 Å². The molecule has 1 rings (SSSR count). The molecule has 0 bridgehead atoms. The third kappa shape index (κ3) is 5.30. The molecule has 6 heteroatoms. The lowest BCUT2D eigenvalue weighted by Gasteiger charge is -2.22. The molecule has 0 saturated carbocycles. The van der Waals surface area contributed by atoms with E-state index in [0.29, 0.717) is 24.9 Å². The summed E-state index contributed by atoms with van der Waals surface area (Å²) in [5, 5.41) is 9.12. The van der Waals surface area contributed by atoms with E-state index in [1.807, 2.05) is 13.8 Å². The van der Waals surface area contributed by atoms with Crippen molar-refractivity contribution < 1.29 is 9.84 Å². The third-order valence-corrected chi connectivity index (χ3v) is 2.86. The molecule has 5 nitrogen and oxygen atoms in total. The van der Waals surface area contributed by atoms with E-state index < -0.39 is 0 Å². The summed E-state index contributed by atoms with van der Waals surface area (Å²) in [4.78, 5) is 10.8. The highest BCUT2D eigenvalue weighted by Gasteiger charge is 2.11. The van der Waals surface area contributed by atoms with Crippen molar-refractivity contribution in [3.8, 4) is 0 Å².